The van der Waals surface area contributed by atoms with Crippen LogP contribution in [0, 0.1) is 13.8 Å². The molecule has 0 aromatic carbocycles. The molecule has 0 radical (unpaired) electrons. The Hall–Kier alpha value is -2.24. The van der Waals surface area contributed by atoms with Crippen molar-refractivity contribution in [3.63, 3.8) is 0 Å². The molecule has 2 rings (SSSR count). The van der Waals surface area contributed by atoms with E-state index in [-0.39, 0.29) is 0 Å². The van der Waals surface area contributed by atoms with Gasteiger partial charge < -0.3 is 10.6 Å². The number of anilines is 2. The zero-order valence-corrected chi connectivity index (χ0v) is 10.7. The van der Waals surface area contributed by atoms with Gasteiger partial charge in [0.15, 0.2) is 0 Å². The number of nitrogens with one attached hydrogen (secondary N) is 2. The number of hydrogen-bond acceptors (Lipinski definition) is 6. The molecule has 0 atom stereocenters. The van der Waals surface area contributed by atoms with Gasteiger partial charge in [-0.2, -0.15) is 4.98 Å². The fourth-order valence-corrected chi connectivity index (χ4v) is 1.43. The van der Waals surface area contributed by atoms with Gasteiger partial charge in [0.05, 0.1) is 24.1 Å². The van der Waals surface area contributed by atoms with Gasteiger partial charge in [0.1, 0.15) is 5.82 Å². The summed E-state index contributed by atoms with van der Waals surface area (Å²) in [6.45, 7) is 4.47. The van der Waals surface area contributed by atoms with E-state index >= 15 is 0 Å². The van der Waals surface area contributed by atoms with Crippen molar-refractivity contribution in [2.75, 3.05) is 17.7 Å². The Morgan fingerprint density at radius 2 is 1.89 bits per heavy atom. The molecule has 94 valence electrons. The third kappa shape index (κ3) is 2.91. The number of rotatable bonds is 4. The van der Waals surface area contributed by atoms with E-state index in [0.717, 1.165) is 22.8 Å². The van der Waals surface area contributed by atoms with Gasteiger partial charge in [0.2, 0.25) is 5.95 Å². The van der Waals surface area contributed by atoms with Crippen molar-refractivity contribution < 1.29 is 0 Å². The maximum Gasteiger partial charge on any atom is 0.224 e. The maximum atomic E-state index is 4.34. The molecule has 0 bridgehead atoms. The van der Waals surface area contributed by atoms with Gasteiger partial charge in [-0.1, -0.05) is 0 Å². The SMILES string of the molecule is CNc1ncc(C)c(NCc2cnc(C)cn2)n1. The van der Waals surface area contributed by atoms with E-state index in [2.05, 4.69) is 30.6 Å². The zero-order valence-electron chi connectivity index (χ0n) is 10.7. The average Bonchev–Trinajstić information content (AvgIpc) is 2.40. The van der Waals surface area contributed by atoms with Gasteiger partial charge in [0.25, 0.3) is 0 Å². The molecule has 0 aliphatic carbocycles. The van der Waals surface area contributed by atoms with E-state index in [1.807, 2.05) is 13.8 Å². The van der Waals surface area contributed by atoms with Crippen molar-refractivity contribution in [3.8, 4) is 0 Å². The average molecular weight is 244 g/mol. The minimum absolute atomic E-state index is 0.592. The Kier molecular flexibility index (Phi) is 3.66. The highest BCUT2D eigenvalue weighted by atomic mass is 15.1. The van der Waals surface area contributed by atoms with Crippen LogP contribution in [0.15, 0.2) is 18.6 Å². The first-order chi connectivity index (χ1) is 8.69. The smallest absolute Gasteiger partial charge is 0.224 e. The topological polar surface area (TPSA) is 75.6 Å². The molecule has 0 amide bonds. The molecule has 0 fully saturated rings. The highest BCUT2D eigenvalue weighted by Gasteiger charge is 2.03. The zero-order chi connectivity index (χ0) is 13.0. The highest BCUT2D eigenvalue weighted by Crippen LogP contribution is 2.12. The molecule has 0 aliphatic heterocycles. The Morgan fingerprint density at radius 1 is 1.06 bits per heavy atom. The van der Waals surface area contributed by atoms with E-state index in [1.54, 1.807) is 25.6 Å². The lowest BCUT2D eigenvalue weighted by Crippen LogP contribution is -2.07. The summed E-state index contributed by atoms with van der Waals surface area (Å²) in [7, 11) is 1.79. The second-order valence-corrected chi connectivity index (χ2v) is 3.98. The Balaban J connectivity index is 2.07. The maximum absolute atomic E-state index is 4.34. The quantitative estimate of drug-likeness (QED) is 0.849. The van der Waals surface area contributed by atoms with Crippen LogP contribution >= 0.6 is 0 Å². The fraction of sp³-hybridized carbons (Fsp3) is 0.333. The van der Waals surface area contributed by atoms with Crippen molar-refractivity contribution >= 4 is 11.8 Å². The normalized spacial score (nSPS) is 10.2. The Labute approximate surface area is 106 Å². The molecule has 0 saturated heterocycles. The lowest BCUT2D eigenvalue weighted by molar-refractivity contribution is 0.968. The van der Waals surface area contributed by atoms with Crippen LogP contribution in [0.25, 0.3) is 0 Å². The van der Waals surface area contributed by atoms with Crippen LogP contribution in [-0.2, 0) is 6.54 Å². The Morgan fingerprint density at radius 3 is 2.56 bits per heavy atom. The van der Waals surface area contributed by atoms with Crippen molar-refractivity contribution in [1.82, 2.24) is 19.9 Å². The van der Waals surface area contributed by atoms with E-state index in [0.29, 0.717) is 12.5 Å². The number of aryl methyl sites for hydroxylation is 2. The van der Waals surface area contributed by atoms with Crippen LogP contribution < -0.4 is 10.6 Å². The standard InChI is InChI=1S/C12H16N6/c1-8-4-17-12(13-3)18-11(8)16-7-10-6-14-9(2)5-15-10/h4-6H,7H2,1-3H3,(H2,13,16,17,18). The van der Waals surface area contributed by atoms with Crippen molar-refractivity contribution in [2.45, 2.75) is 20.4 Å². The summed E-state index contributed by atoms with van der Waals surface area (Å²) in [5.74, 6) is 1.40. The summed E-state index contributed by atoms with van der Waals surface area (Å²) < 4.78 is 0. The molecule has 0 unspecified atom stereocenters. The van der Waals surface area contributed by atoms with Crippen LogP contribution in [0.1, 0.15) is 17.0 Å². The molecule has 0 spiro atoms. The third-order valence-electron chi connectivity index (χ3n) is 2.47. The molecule has 18 heavy (non-hydrogen) atoms. The molecule has 0 saturated carbocycles. The minimum Gasteiger partial charge on any atom is -0.364 e. The first-order valence-corrected chi connectivity index (χ1v) is 5.72. The summed E-state index contributed by atoms with van der Waals surface area (Å²) >= 11 is 0. The largest absolute Gasteiger partial charge is 0.364 e. The fourth-order valence-electron chi connectivity index (χ4n) is 1.43. The van der Waals surface area contributed by atoms with E-state index in [4.69, 9.17) is 0 Å². The van der Waals surface area contributed by atoms with Crippen molar-refractivity contribution in [1.29, 1.82) is 0 Å². The van der Waals surface area contributed by atoms with Gasteiger partial charge in [-0.3, -0.25) is 9.97 Å². The van der Waals surface area contributed by atoms with Gasteiger partial charge in [0, 0.05) is 25.0 Å². The van der Waals surface area contributed by atoms with Crippen molar-refractivity contribution in [3.05, 3.63) is 35.5 Å². The summed E-state index contributed by atoms with van der Waals surface area (Å²) in [4.78, 5) is 17.0. The van der Waals surface area contributed by atoms with Gasteiger partial charge in [-0.25, -0.2) is 4.98 Å². The number of hydrogen-bond donors (Lipinski definition) is 2. The van der Waals surface area contributed by atoms with Crippen LogP contribution in [0.5, 0.6) is 0 Å². The summed E-state index contributed by atoms with van der Waals surface area (Å²) in [6.07, 6.45) is 5.29. The minimum atomic E-state index is 0.592. The predicted octanol–water partition coefficient (Wildman–Crippen LogP) is 1.54. The van der Waals surface area contributed by atoms with Crippen LogP contribution in [0.3, 0.4) is 0 Å². The highest BCUT2D eigenvalue weighted by molar-refractivity contribution is 5.46. The first kappa shape index (κ1) is 12.2. The second-order valence-electron chi connectivity index (χ2n) is 3.98. The van der Waals surface area contributed by atoms with Crippen LogP contribution in [0.2, 0.25) is 0 Å². The van der Waals surface area contributed by atoms with Crippen LogP contribution in [0.4, 0.5) is 11.8 Å². The van der Waals surface area contributed by atoms with E-state index in [9.17, 15) is 0 Å². The van der Waals surface area contributed by atoms with E-state index in [1.165, 1.54) is 0 Å². The van der Waals surface area contributed by atoms with Crippen molar-refractivity contribution in [2.24, 2.45) is 0 Å². The molecular formula is C12H16N6. The lowest BCUT2D eigenvalue weighted by Gasteiger charge is -2.09. The van der Waals surface area contributed by atoms with Crippen LogP contribution in [-0.4, -0.2) is 27.0 Å². The molecule has 2 aromatic rings. The number of aromatic nitrogens is 4. The van der Waals surface area contributed by atoms with Gasteiger partial charge in [-0.05, 0) is 13.8 Å². The molecule has 6 nitrogen and oxygen atoms in total. The summed E-state index contributed by atoms with van der Waals surface area (Å²) in [6, 6.07) is 0. The second kappa shape index (κ2) is 5.39. The number of nitrogens with zero attached hydrogens (tertiary/aromatic N) is 4. The molecule has 2 N–H and O–H groups in total. The first-order valence-electron chi connectivity index (χ1n) is 5.72. The van der Waals surface area contributed by atoms with Gasteiger partial charge >= 0.3 is 0 Å². The molecule has 0 aliphatic rings. The monoisotopic (exact) mass is 244 g/mol. The van der Waals surface area contributed by atoms with E-state index < -0.39 is 0 Å². The predicted molar refractivity (Wildman–Crippen MR) is 70.4 cm³/mol. The van der Waals surface area contributed by atoms with Gasteiger partial charge in [-0.15, -0.1) is 0 Å². The molecule has 2 heterocycles. The third-order valence-corrected chi connectivity index (χ3v) is 2.47. The molecule has 6 heteroatoms. The lowest BCUT2D eigenvalue weighted by atomic mass is 10.3. The summed E-state index contributed by atoms with van der Waals surface area (Å²) in [5, 5.41) is 6.14. The molecular weight excluding hydrogens is 228 g/mol. The summed E-state index contributed by atoms with van der Waals surface area (Å²) in [5.41, 5.74) is 2.79. The Bertz CT molecular complexity index is 523. The molecule has 2 aromatic heterocycles.